The van der Waals surface area contributed by atoms with E-state index in [0.29, 0.717) is 24.5 Å². The molecule has 4 nitrogen and oxygen atoms in total. The molecule has 0 unspecified atom stereocenters. The van der Waals surface area contributed by atoms with Gasteiger partial charge in [-0.25, -0.2) is 8.78 Å². The van der Waals surface area contributed by atoms with Crippen LogP contribution in [0.1, 0.15) is 46.6 Å². The van der Waals surface area contributed by atoms with E-state index in [2.05, 4.69) is 0 Å². The molecule has 26 heavy (non-hydrogen) atoms. The Morgan fingerprint density at radius 3 is 2.31 bits per heavy atom. The lowest BCUT2D eigenvalue weighted by Crippen LogP contribution is -2.41. The van der Waals surface area contributed by atoms with Crippen molar-refractivity contribution in [2.75, 3.05) is 20.3 Å². The molecule has 0 atom stereocenters. The van der Waals surface area contributed by atoms with Crippen LogP contribution in [0.15, 0.2) is 23.9 Å². The third kappa shape index (κ3) is 4.27. The monoisotopic (exact) mass is 368 g/mol. The molecular formula is C19H27BF2O4. The molecule has 0 spiro atoms. The van der Waals surface area contributed by atoms with Gasteiger partial charge in [0.25, 0.3) is 0 Å². The van der Waals surface area contributed by atoms with Crippen LogP contribution in [0.3, 0.4) is 0 Å². The van der Waals surface area contributed by atoms with Crippen LogP contribution in [0.2, 0.25) is 0 Å². The zero-order valence-corrected chi connectivity index (χ0v) is 16.3. The van der Waals surface area contributed by atoms with E-state index in [0.717, 1.165) is 0 Å². The molecule has 0 radical (unpaired) electrons. The van der Waals surface area contributed by atoms with Gasteiger partial charge in [0.1, 0.15) is 17.3 Å². The zero-order valence-electron chi connectivity index (χ0n) is 16.3. The lowest BCUT2D eigenvalue weighted by Gasteiger charge is -2.32. The first kappa shape index (κ1) is 20.9. The molecule has 7 heteroatoms. The van der Waals surface area contributed by atoms with Crippen LogP contribution in [0, 0.1) is 5.82 Å². The summed E-state index contributed by atoms with van der Waals surface area (Å²) in [5.41, 5.74) is -1.35. The van der Waals surface area contributed by atoms with Crippen molar-refractivity contribution < 1.29 is 27.6 Å². The predicted molar refractivity (Wildman–Crippen MR) is 98.2 cm³/mol. The molecule has 0 saturated carbocycles. The summed E-state index contributed by atoms with van der Waals surface area (Å²) in [5, 5.41) is 0. The molecule has 1 saturated heterocycles. The lowest BCUT2D eigenvalue weighted by atomic mass is 9.81. The highest BCUT2D eigenvalue weighted by atomic mass is 19.1. The van der Waals surface area contributed by atoms with Crippen molar-refractivity contribution in [1.29, 1.82) is 0 Å². The molecular weight excluding hydrogens is 341 g/mol. The Morgan fingerprint density at radius 2 is 1.77 bits per heavy atom. The highest BCUT2D eigenvalue weighted by molar-refractivity contribution is 6.55. The van der Waals surface area contributed by atoms with Gasteiger partial charge < -0.3 is 18.8 Å². The molecule has 1 aromatic carbocycles. The van der Waals surface area contributed by atoms with Gasteiger partial charge in [0.05, 0.1) is 24.9 Å². The fourth-order valence-electron chi connectivity index (χ4n) is 2.71. The summed E-state index contributed by atoms with van der Waals surface area (Å²) in [6.07, 6.45) is 0.240. The van der Waals surface area contributed by atoms with Crippen molar-refractivity contribution in [2.24, 2.45) is 0 Å². The summed E-state index contributed by atoms with van der Waals surface area (Å²) in [6, 6.07) is 4.00. The zero-order chi connectivity index (χ0) is 19.5. The molecule has 1 aliphatic rings. The van der Waals surface area contributed by atoms with Crippen molar-refractivity contribution in [2.45, 2.75) is 52.2 Å². The molecule has 1 heterocycles. The van der Waals surface area contributed by atoms with Crippen LogP contribution in [0.5, 0.6) is 5.75 Å². The minimum absolute atomic E-state index is 0.240. The molecule has 1 aromatic rings. The van der Waals surface area contributed by atoms with E-state index in [1.54, 1.807) is 0 Å². The van der Waals surface area contributed by atoms with Crippen LogP contribution in [-0.2, 0) is 14.0 Å². The van der Waals surface area contributed by atoms with Gasteiger partial charge >= 0.3 is 7.12 Å². The first-order valence-electron chi connectivity index (χ1n) is 8.78. The van der Waals surface area contributed by atoms with E-state index in [4.69, 9.17) is 18.8 Å². The van der Waals surface area contributed by atoms with E-state index in [9.17, 15) is 4.39 Å². The Kier molecular flexibility index (Phi) is 6.48. The summed E-state index contributed by atoms with van der Waals surface area (Å²) in [5.74, 6) is -0.0963. The van der Waals surface area contributed by atoms with Crippen molar-refractivity contribution in [1.82, 2.24) is 0 Å². The summed E-state index contributed by atoms with van der Waals surface area (Å²) >= 11 is 0. The highest BCUT2D eigenvalue weighted by Gasteiger charge is 2.53. The van der Waals surface area contributed by atoms with Gasteiger partial charge in [-0.1, -0.05) is 0 Å². The Labute approximate surface area is 154 Å². The van der Waals surface area contributed by atoms with Gasteiger partial charge in [-0.05, 0) is 64.8 Å². The summed E-state index contributed by atoms with van der Waals surface area (Å²) in [4.78, 5) is 0. The standard InChI is InChI=1S/C19H27BF2O4/c1-7-24-11-10-14(15-12-13(21)8-9-16(15)23-6)17(22)20-25-18(2,3)19(4,5)26-20/h8-9,12H,7,10-11H2,1-6H3. The fourth-order valence-corrected chi connectivity index (χ4v) is 2.71. The summed E-state index contributed by atoms with van der Waals surface area (Å²) < 4.78 is 51.5. The first-order valence-corrected chi connectivity index (χ1v) is 8.78. The molecule has 0 bridgehead atoms. The van der Waals surface area contributed by atoms with Crippen LogP contribution in [0.4, 0.5) is 8.78 Å². The van der Waals surface area contributed by atoms with Gasteiger partial charge in [0.15, 0.2) is 0 Å². The molecule has 0 amide bonds. The maximum atomic E-state index is 15.4. The molecule has 1 fully saturated rings. The van der Waals surface area contributed by atoms with E-state index in [-0.39, 0.29) is 12.0 Å². The van der Waals surface area contributed by atoms with Crippen molar-refractivity contribution in [3.05, 3.63) is 35.3 Å². The van der Waals surface area contributed by atoms with E-state index in [1.807, 2.05) is 34.6 Å². The van der Waals surface area contributed by atoms with Crippen LogP contribution in [-0.4, -0.2) is 38.6 Å². The van der Waals surface area contributed by atoms with Crippen molar-refractivity contribution in [3.63, 3.8) is 0 Å². The highest BCUT2D eigenvalue weighted by Crippen LogP contribution is 2.41. The van der Waals surface area contributed by atoms with Crippen LogP contribution < -0.4 is 4.74 Å². The van der Waals surface area contributed by atoms with Gasteiger partial charge in [0.2, 0.25) is 0 Å². The Morgan fingerprint density at radius 1 is 1.15 bits per heavy atom. The molecule has 0 aliphatic carbocycles. The van der Waals surface area contributed by atoms with Gasteiger partial charge in [-0.15, -0.1) is 0 Å². The normalized spacial score (nSPS) is 19.5. The van der Waals surface area contributed by atoms with Crippen LogP contribution in [0.25, 0.3) is 5.57 Å². The topological polar surface area (TPSA) is 36.9 Å². The third-order valence-corrected chi connectivity index (χ3v) is 4.94. The Bertz CT molecular complexity index is 658. The molecule has 144 valence electrons. The number of methoxy groups -OCH3 is 1. The number of benzene rings is 1. The number of ether oxygens (including phenoxy) is 2. The minimum Gasteiger partial charge on any atom is -0.496 e. The average Bonchev–Trinajstić information content (AvgIpc) is 2.79. The fraction of sp³-hybridized carbons (Fsp3) is 0.579. The average molecular weight is 368 g/mol. The molecule has 1 aliphatic heterocycles. The van der Waals surface area contributed by atoms with Gasteiger partial charge in [0, 0.05) is 12.2 Å². The van der Waals surface area contributed by atoms with Crippen molar-refractivity contribution in [3.8, 4) is 5.75 Å². The molecule has 0 N–H and O–H groups in total. The third-order valence-electron chi connectivity index (χ3n) is 4.94. The molecule has 2 rings (SSSR count). The van der Waals surface area contributed by atoms with Crippen molar-refractivity contribution >= 4 is 12.7 Å². The molecule has 0 aromatic heterocycles. The predicted octanol–water partition coefficient (Wildman–Crippen LogP) is 4.57. The Balaban J connectivity index is 2.47. The maximum Gasteiger partial charge on any atom is 0.525 e. The smallest absolute Gasteiger partial charge is 0.496 e. The quantitative estimate of drug-likeness (QED) is 0.522. The van der Waals surface area contributed by atoms with Crippen LogP contribution >= 0.6 is 0 Å². The second kappa shape index (κ2) is 8.07. The maximum absolute atomic E-state index is 15.4. The van der Waals surface area contributed by atoms with Gasteiger partial charge in [-0.3, -0.25) is 0 Å². The minimum atomic E-state index is -1.16. The largest absolute Gasteiger partial charge is 0.525 e. The summed E-state index contributed by atoms with van der Waals surface area (Å²) in [6.45, 7) is 10.1. The lowest BCUT2D eigenvalue weighted by molar-refractivity contribution is 0.00578. The second-order valence-electron chi connectivity index (χ2n) is 7.21. The van der Waals surface area contributed by atoms with Gasteiger partial charge in [-0.2, -0.15) is 0 Å². The number of rotatable bonds is 7. The summed E-state index contributed by atoms with van der Waals surface area (Å²) in [7, 11) is 0.299. The number of hydrogen-bond acceptors (Lipinski definition) is 4. The second-order valence-corrected chi connectivity index (χ2v) is 7.21. The Hall–Kier alpha value is -1.44. The SMILES string of the molecule is CCOCCC(=C(F)B1OC(C)(C)C(C)(C)O1)c1cc(F)ccc1OC. The van der Waals surface area contributed by atoms with E-state index < -0.39 is 29.9 Å². The van der Waals surface area contributed by atoms with E-state index >= 15 is 4.39 Å². The van der Waals surface area contributed by atoms with E-state index in [1.165, 1.54) is 25.3 Å². The number of halogens is 2. The number of hydrogen-bond donors (Lipinski definition) is 0. The first-order chi connectivity index (χ1) is 12.1.